The molecule has 0 saturated carbocycles. The van der Waals surface area contributed by atoms with Crippen molar-refractivity contribution in [1.82, 2.24) is 0 Å². The van der Waals surface area contributed by atoms with Crippen molar-refractivity contribution in [3.63, 3.8) is 0 Å². The van der Waals surface area contributed by atoms with Crippen molar-refractivity contribution in [2.45, 2.75) is 0 Å². The van der Waals surface area contributed by atoms with E-state index in [2.05, 4.69) is 0 Å². The van der Waals surface area contributed by atoms with Crippen molar-refractivity contribution >= 4 is 0 Å². The van der Waals surface area contributed by atoms with E-state index in [1.165, 1.54) is 0 Å². The van der Waals surface area contributed by atoms with Crippen LogP contribution in [0.3, 0.4) is 0 Å². The van der Waals surface area contributed by atoms with Crippen LogP contribution >= 0.6 is 0 Å². The van der Waals surface area contributed by atoms with E-state index in [0.29, 0.717) is 0 Å². The second-order valence-corrected chi connectivity index (χ2v) is 0. The van der Waals surface area contributed by atoms with E-state index in [4.69, 9.17) is 0 Å². The summed E-state index contributed by atoms with van der Waals surface area (Å²) in [6, 6.07) is 0. The first-order valence-corrected chi connectivity index (χ1v) is 0. The standard InChI is InChI=1S/5ClH.5FH.2Ta/h10*1H;;/q;;;;;;;;;;2*+5/p-10. The molecule has 0 fully saturated rings. The molecule has 12 heavy (non-hydrogen) atoms. The van der Waals surface area contributed by atoms with Crippen LogP contribution in [0.5, 0.6) is 0 Å². The third kappa shape index (κ3) is 253. The molecular formula is Cl5F5Ta2. The van der Waals surface area contributed by atoms with Crippen LogP contribution in [-0.2, 0) is 44.8 Å². The number of halogens is 10. The van der Waals surface area contributed by atoms with Crippen molar-refractivity contribution in [2.24, 2.45) is 0 Å². The maximum Gasteiger partial charge on any atom is 5.00 e. The molecule has 0 rings (SSSR count). The van der Waals surface area contributed by atoms with E-state index < -0.39 is 0 Å². The van der Waals surface area contributed by atoms with Gasteiger partial charge >= 0.3 is 44.8 Å². The van der Waals surface area contributed by atoms with Gasteiger partial charge in [-0.15, -0.1) is 0 Å². The molecule has 0 aliphatic carbocycles. The molecule has 0 aliphatic rings. The molecule has 0 aromatic heterocycles. The van der Waals surface area contributed by atoms with Gasteiger partial charge in [-0.3, -0.25) is 0 Å². The second kappa shape index (κ2) is 323. The third-order valence-electron chi connectivity index (χ3n) is 0. The van der Waals surface area contributed by atoms with Gasteiger partial charge in [0.15, 0.2) is 0 Å². The zero-order valence-corrected chi connectivity index (χ0v) is 14.9. The maximum absolute atomic E-state index is 0. The van der Waals surface area contributed by atoms with Crippen LogP contribution < -0.4 is 85.6 Å². The number of hydrogen-bond donors (Lipinski definition) is 0. The molecule has 0 aromatic carbocycles. The Balaban J connectivity index is 0. The molecule has 0 atom stereocenters. The summed E-state index contributed by atoms with van der Waals surface area (Å²) in [6.07, 6.45) is 0. The van der Waals surface area contributed by atoms with Crippen LogP contribution in [0.1, 0.15) is 0 Å². The summed E-state index contributed by atoms with van der Waals surface area (Å²) in [6.45, 7) is 0. The Morgan fingerprint density at radius 1 is 0.250 bits per heavy atom. The third-order valence-corrected chi connectivity index (χ3v) is 0. The Labute approximate surface area is 129 Å². The van der Waals surface area contributed by atoms with Gasteiger partial charge in [0.25, 0.3) is 0 Å². The fourth-order valence-corrected chi connectivity index (χ4v) is 0. The van der Waals surface area contributed by atoms with E-state index in [1.54, 1.807) is 0 Å². The summed E-state index contributed by atoms with van der Waals surface area (Å²) in [7, 11) is 0. The van der Waals surface area contributed by atoms with E-state index in [1.807, 2.05) is 0 Å². The molecule has 0 heterocycles. The first-order chi connectivity index (χ1) is 0. The molecule has 0 nitrogen and oxygen atoms in total. The Morgan fingerprint density at radius 3 is 0.250 bits per heavy atom. The van der Waals surface area contributed by atoms with Crippen molar-refractivity contribution in [1.29, 1.82) is 0 Å². The van der Waals surface area contributed by atoms with Crippen molar-refractivity contribution in [3.8, 4) is 0 Å². The van der Waals surface area contributed by atoms with Gasteiger partial charge in [-0.05, 0) is 0 Å². The minimum Gasteiger partial charge on any atom is -1.00 e. The summed E-state index contributed by atoms with van der Waals surface area (Å²) in [5.74, 6) is 0. The first-order valence-electron chi connectivity index (χ1n) is 0. The molecule has 80 valence electrons. The second-order valence-electron chi connectivity index (χ2n) is 0. The smallest absolute Gasteiger partial charge is 1.00 e. The molecule has 0 bridgehead atoms. The van der Waals surface area contributed by atoms with Crippen molar-refractivity contribution in [2.75, 3.05) is 0 Å². The normalized spacial score (nSPS) is 0. The number of rotatable bonds is 0. The van der Waals surface area contributed by atoms with Gasteiger partial charge in [-0.1, -0.05) is 0 Å². The number of hydrogen-bond acceptors (Lipinski definition) is 0. The summed E-state index contributed by atoms with van der Waals surface area (Å²) in [5, 5.41) is 0. The van der Waals surface area contributed by atoms with Crippen molar-refractivity contribution in [3.05, 3.63) is 0 Å². The predicted molar refractivity (Wildman–Crippen MR) is 0 cm³/mol. The molecule has 0 spiro atoms. The monoisotopic (exact) mass is 632 g/mol. The Kier molecular flexibility index (Phi) is 10900. The SMILES string of the molecule is [Cl-].[Cl-].[Cl-].[Cl-].[Cl-].[F-].[F-].[F-].[F-].[F-].[Ta+5].[Ta+5]. The fourth-order valence-electron chi connectivity index (χ4n) is 0. The molecule has 0 aliphatic heterocycles. The van der Waals surface area contributed by atoms with Crippen molar-refractivity contribution < 1.29 is 130 Å². The van der Waals surface area contributed by atoms with Gasteiger partial charge in [0.1, 0.15) is 0 Å². The van der Waals surface area contributed by atoms with Gasteiger partial charge in [-0.25, -0.2) is 0 Å². The molecule has 0 saturated heterocycles. The minimum absolute atomic E-state index is 0. The summed E-state index contributed by atoms with van der Waals surface area (Å²) in [5.41, 5.74) is 0. The minimum atomic E-state index is 0. The summed E-state index contributed by atoms with van der Waals surface area (Å²) in [4.78, 5) is 0. The van der Waals surface area contributed by atoms with Crippen LogP contribution in [-0.4, -0.2) is 0 Å². The molecule has 0 amide bonds. The van der Waals surface area contributed by atoms with Gasteiger partial charge in [0.05, 0.1) is 0 Å². The topological polar surface area (TPSA) is 0 Å². The predicted octanol–water partition coefficient (Wildman–Crippen LogP) is -30.0. The fraction of sp³-hybridized carbons (Fsp3) is 0. The van der Waals surface area contributed by atoms with Crippen LogP contribution in [0.25, 0.3) is 0 Å². The van der Waals surface area contributed by atoms with E-state index in [-0.39, 0.29) is 130 Å². The zero-order valence-electron chi connectivity index (χ0n) is 4.67. The largest absolute Gasteiger partial charge is 5.00 e. The summed E-state index contributed by atoms with van der Waals surface area (Å²) >= 11 is 0. The van der Waals surface area contributed by atoms with E-state index in [0.717, 1.165) is 0 Å². The van der Waals surface area contributed by atoms with Gasteiger partial charge in [0, 0.05) is 0 Å². The van der Waals surface area contributed by atoms with Crippen LogP contribution in [0, 0.1) is 0 Å². The first kappa shape index (κ1) is 404. The average molecular weight is 634 g/mol. The zero-order chi connectivity index (χ0) is 0. The van der Waals surface area contributed by atoms with Gasteiger partial charge < -0.3 is 85.6 Å². The molecule has 0 N–H and O–H groups in total. The van der Waals surface area contributed by atoms with E-state index >= 15 is 0 Å². The van der Waals surface area contributed by atoms with Crippen LogP contribution in [0.4, 0.5) is 0 Å². The van der Waals surface area contributed by atoms with E-state index in [9.17, 15) is 0 Å². The van der Waals surface area contributed by atoms with Crippen LogP contribution in [0.15, 0.2) is 0 Å². The summed E-state index contributed by atoms with van der Waals surface area (Å²) < 4.78 is 0. The molecule has 0 aromatic rings. The Bertz CT molecular complexity index is 17.8. The quantitative estimate of drug-likeness (QED) is 0.233. The molecular weight excluding hydrogens is 634 g/mol. The Hall–Kier alpha value is 2.58. The van der Waals surface area contributed by atoms with Crippen LogP contribution in [0.2, 0.25) is 0 Å². The maximum atomic E-state index is 0. The molecule has 12 heteroatoms. The van der Waals surface area contributed by atoms with Gasteiger partial charge in [0.2, 0.25) is 0 Å². The average Bonchev–Trinajstić information content (AvgIpc) is 0. The molecule has 0 radical (unpaired) electrons. The Morgan fingerprint density at radius 2 is 0.250 bits per heavy atom. The molecule has 0 unspecified atom stereocenters. The van der Waals surface area contributed by atoms with Gasteiger partial charge in [-0.2, -0.15) is 0 Å².